The Morgan fingerprint density at radius 3 is 2.07 bits per heavy atom. The normalized spacial score (nSPS) is 17.4. The van der Waals surface area contributed by atoms with Gasteiger partial charge in [0.15, 0.2) is 0 Å². The van der Waals surface area contributed by atoms with Gasteiger partial charge < -0.3 is 5.32 Å². The predicted octanol–water partition coefficient (Wildman–Crippen LogP) is 2.91. The maximum Gasteiger partial charge on any atom is 0.261 e. The zero-order valence-electron chi connectivity index (χ0n) is 15.1. The van der Waals surface area contributed by atoms with Gasteiger partial charge in [-0.15, -0.1) is 0 Å². The molecule has 1 aliphatic carbocycles. The SMILES string of the molecule is O=C(CCN1C(=O)c2ccccc2C1=O)NCC1(c2ccccc2)CCC1. The van der Waals surface area contributed by atoms with Crippen LogP contribution in [0.4, 0.5) is 0 Å². The fourth-order valence-corrected chi connectivity index (χ4v) is 3.97. The van der Waals surface area contributed by atoms with E-state index in [4.69, 9.17) is 0 Å². The summed E-state index contributed by atoms with van der Waals surface area (Å²) < 4.78 is 0. The number of amides is 3. The van der Waals surface area contributed by atoms with Gasteiger partial charge in [-0.25, -0.2) is 0 Å². The molecule has 5 heteroatoms. The van der Waals surface area contributed by atoms with Crippen LogP contribution in [0.1, 0.15) is 52.0 Å². The number of nitrogens with one attached hydrogen (secondary N) is 1. The average molecular weight is 362 g/mol. The first-order valence-electron chi connectivity index (χ1n) is 9.38. The van der Waals surface area contributed by atoms with Crippen LogP contribution in [-0.4, -0.2) is 35.7 Å². The summed E-state index contributed by atoms with van der Waals surface area (Å²) in [5, 5.41) is 3.01. The summed E-state index contributed by atoms with van der Waals surface area (Å²) in [5.74, 6) is -0.764. The quantitative estimate of drug-likeness (QED) is 0.804. The molecule has 3 amide bonds. The van der Waals surface area contributed by atoms with Gasteiger partial charge >= 0.3 is 0 Å². The molecule has 1 heterocycles. The average Bonchev–Trinajstić information content (AvgIpc) is 2.91. The standard InChI is InChI=1S/C22H22N2O3/c25-19(23-15-22(12-6-13-22)16-7-2-1-3-8-16)11-14-24-20(26)17-9-4-5-10-18(17)21(24)27/h1-5,7-10H,6,11-15H2,(H,23,25). The molecule has 1 N–H and O–H groups in total. The number of hydrogen-bond acceptors (Lipinski definition) is 3. The molecule has 5 nitrogen and oxygen atoms in total. The number of rotatable bonds is 6. The molecule has 0 radical (unpaired) electrons. The Kier molecular flexibility index (Phi) is 4.52. The summed E-state index contributed by atoms with van der Waals surface area (Å²) in [7, 11) is 0. The minimum Gasteiger partial charge on any atom is -0.355 e. The number of imide groups is 1. The summed E-state index contributed by atoms with van der Waals surface area (Å²) >= 11 is 0. The van der Waals surface area contributed by atoms with E-state index in [0.717, 1.165) is 12.8 Å². The third kappa shape index (κ3) is 3.14. The topological polar surface area (TPSA) is 66.5 Å². The second-order valence-electron chi connectivity index (χ2n) is 7.33. The molecule has 1 aliphatic heterocycles. The lowest BCUT2D eigenvalue weighted by Crippen LogP contribution is -2.46. The molecular formula is C22H22N2O3. The van der Waals surface area contributed by atoms with Gasteiger partial charge in [0.05, 0.1) is 11.1 Å². The highest BCUT2D eigenvalue weighted by Crippen LogP contribution is 2.43. The molecule has 0 atom stereocenters. The van der Waals surface area contributed by atoms with Crippen LogP contribution >= 0.6 is 0 Å². The molecule has 0 saturated heterocycles. The van der Waals surface area contributed by atoms with E-state index >= 15 is 0 Å². The highest BCUT2D eigenvalue weighted by atomic mass is 16.2. The van der Waals surface area contributed by atoms with Crippen molar-refractivity contribution in [2.45, 2.75) is 31.1 Å². The van der Waals surface area contributed by atoms with Gasteiger partial charge in [0.25, 0.3) is 11.8 Å². The number of nitrogens with zero attached hydrogens (tertiary/aromatic N) is 1. The monoisotopic (exact) mass is 362 g/mol. The molecule has 27 heavy (non-hydrogen) atoms. The number of carbonyl (C=O) groups is 3. The van der Waals surface area contributed by atoms with Gasteiger partial charge in [-0.05, 0) is 30.5 Å². The van der Waals surface area contributed by atoms with Gasteiger partial charge in [0.1, 0.15) is 0 Å². The Morgan fingerprint density at radius 1 is 0.926 bits per heavy atom. The minimum absolute atomic E-state index is 0.0203. The fourth-order valence-electron chi connectivity index (χ4n) is 3.97. The summed E-state index contributed by atoms with van der Waals surface area (Å²) in [6.45, 7) is 0.703. The second-order valence-corrected chi connectivity index (χ2v) is 7.33. The van der Waals surface area contributed by atoms with E-state index in [-0.39, 0.29) is 36.1 Å². The molecule has 138 valence electrons. The molecule has 4 rings (SSSR count). The highest BCUT2D eigenvalue weighted by Gasteiger charge is 2.39. The molecule has 2 aromatic rings. The first kappa shape index (κ1) is 17.5. The molecular weight excluding hydrogens is 340 g/mol. The molecule has 0 unspecified atom stereocenters. The van der Waals surface area contributed by atoms with Crippen molar-refractivity contribution in [1.82, 2.24) is 10.2 Å². The van der Waals surface area contributed by atoms with Gasteiger partial charge in [-0.1, -0.05) is 48.9 Å². The number of benzene rings is 2. The van der Waals surface area contributed by atoms with Gasteiger partial charge in [0, 0.05) is 24.9 Å². The van der Waals surface area contributed by atoms with Crippen molar-refractivity contribution in [2.75, 3.05) is 13.1 Å². The fraction of sp³-hybridized carbons (Fsp3) is 0.318. The molecule has 0 aromatic heterocycles. The minimum atomic E-state index is -0.317. The number of carbonyl (C=O) groups excluding carboxylic acids is 3. The summed E-state index contributed by atoms with van der Waals surface area (Å²) in [6, 6.07) is 17.1. The lowest BCUT2D eigenvalue weighted by molar-refractivity contribution is -0.121. The van der Waals surface area contributed by atoms with E-state index < -0.39 is 0 Å². The van der Waals surface area contributed by atoms with Crippen molar-refractivity contribution in [3.05, 3.63) is 71.3 Å². The maximum absolute atomic E-state index is 12.4. The van der Waals surface area contributed by atoms with E-state index in [9.17, 15) is 14.4 Å². The van der Waals surface area contributed by atoms with E-state index in [2.05, 4.69) is 17.4 Å². The zero-order valence-corrected chi connectivity index (χ0v) is 15.1. The van der Waals surface area contributed by atoms with Crippen LogP contribution in [0, 0.1) is 0 Å². The van der Waals surface area contributed by atoms with Crippen LogP contribution in [0.3, 0.4) is 0 Å². The molecule has 0 spiro atoms. The Morgan fingerprint density at radius 2 is 1.52 bits per heavy atom. The van der Waals surface area contributed by atoms with Gasteiger partial charge in [-0.3, -0.25) is 19.3 Å². The molecule has 2 aliphatic rings. The Balaban J connectivity index is 1.33. The van der Waals surface area contributed by atoms with E-state index in [1.54, 1.807) is 24.3 Å². The van der Waals surface area contributed by atoms with Crippen molar-refractivity contribution in [2.24, 2.45) is 0 Å². The van der Waals surface area contributed by atoms with E-state index in [1.807, 2.05) is 18.2 Å². The third-order valence-electron chi connectivity index (χ3n) is 5.76. The summed E-state index contributed by atoms with van der Waals surface area (Å²) in [5.41, 5.74) is 2.12. The first-order valence-corrected chi connectivity index (χ1v) is 9.38. The van der Waals surface area contributed by atoms with Crippen molar-refractivity contribution in [1.29, 1.82) is 0 Å². The predicted molar refractivity (Wildman–Crippen MR) is 101 cm³/mol. The number of hydrogen-bond donors (Lipinski definition) is 1. The first-order chi connectivity index (χ1) is 13.1. The van der Waals surface area contributed by atoms with Crippen LogP contribution in [-0.2, 0) is 10.2 Å². The van der Waals surface area contributed by atoms with Crippen LogP contribution in [0.2, 0.25) is 0 Å². The van der Waals surface area contributed by atoms with Crippen LogP contribution in [0.5, 0.6) is 0 Å². The number of fused-ring (bicyclic) bond motifs is 1. The Labute approximate surface area is 158 Å². The van der Waals surface area contributed by atoms with Crippen molar-refractivity contribution < 1.29 is 14.4 Å². The molecule has 0 bridgehead atoms. The summed E-state index contributed by atoms with van der Waals surface area (Å²) in [4.78, 5) is 38.2. The van der Waals surface area contributed by atoms with Crippen LogP contribution < -0.4 is 5.32 Å². The zero-order chi connectivity index (χ0) is 18.9. The highest BCUT2D eigenvalue weighted by molar-refractivity contribution is 6.21. The van der Waals surface area contributed by atoms with E-state index in [0.29, 0.717) is 17.7 Å². The third-order valence-corrected chi connectivity index (χ3v) is 5.76. The van der Waals surface area contributed by atoms with Crippen LogP contribution in [0.15, 0.2) is 54.6 Å². The second kappa shape index (κ2) is 6.99. The van der Waals surface area contributed by atoms with E-state index in [1.165, 1.54) is 16.9 Å². The molecule has 1 fully saturated rings. The Hall–Kier alpha value is -2.95. The summed E-state index contributed by atoms with van der Waals surface area (Å²) in [6.07, 6.45) is 3.42. The molecule has 2 aromatic carbocycles. The lowest BCUT2D eigenvalue weighted by Gasteiger charge is -2.42. The van der Waals surface area contributed by atoms with Crippen LogP contribution in [0.25, 0.3) is 0 Å². The largest absolute Gasteiger partial charge is 0.355 e. The van der Waals surface area contributed by atoms with Gasteiger partial charge in [-0.2, -0.15) is 0 Å². The Bertz CT molecular complexity index is 852. The lowest BCUT2D eigenvalue weighted by atomic mass is 9.64. The van der Waals surface area contributed by atoms with Crippen molar-refractivity contribution in [3.8, 4) is 0 Å². The molecule has 1 saturated carbocycles. The smallest absolute Gasteiger partial charge is 0.261 e. The van der Waals surface area contributed by atoms with Crippen molar-refractivity contribution in [3.63, 3.8) is 0 Å². The maximum atomic E-state index is 12.4. The van der Waals surface area contributed by atoms with Crippen molar-refractivity contribution >= 4 is 17.7 Å². The van der Waals surface area contributed by atoms with Gasteiger partial charge in [0.2, 0.25) is 5.91 Å².